The number of nitrogens with zero attached hydrogens (tertiary/aromatic N) is 2. The number of carbonyl (C=O) groups excluding carboxylic acids is 3. The van der Waals surface area contributed by atoms with Crippen LogP contribution in [0.4, 0.5) is 4.79 Å². The van der Waals surface area contributed by atoms with Gasteiger partial charge in [0, 0.05) is 41.9 Å². The predicted octanol–water partition coefficient (Wildman–Crippen LogP) is 5.23. The van der Waals surface area contributed by atoms with E-state index in [1.54, 1.807) is 41.4 Å². The number of methoxy groups -OCH3 is 1. The van der Waals surface area contributed by atoms with Gasteiger partial charge < -0.3 is 23.7 Å². The number of rotatable bonds is 10. The molecule has 1 atom stereocenters. The number of amides is 1. The van der Waals surface area contributed by atoms with Gasteiger partial charge in [0.05, 0.1) is 26.9 Å². The van der Waals surface area contributed by atoms with Crippen molar-refractivity contribution in [3.63, 3.8) is 0 Å². The quantitative estimate of drug-likeness (QED) is 0.325. The molecule has 1 unspecified atom stereocenters. The highest BCUT2D eigenvalue weighted by Crippen LogP contribution is 2.23. The Labute approximate surface area is 211 Å². The van der Waals surface area contributed by atoms with Crippen molar-refractivity contribution in [2.45, 2.75) is 52.1 Å². The Balaban J connectivity index is 1.63. The number of piperidine rings is 1. The molecule has 0 N–H and O–H groups in total. The topological polar surface area (TPSA) is 87.1 Å². The Morgan fingerprint density at radius 3 is 2.69 bits per heavy atom. The average molecular weight is 505 g/mol. The number of hydrogen-bond acceptors (Lipinski definition) is 6. The number of carbonyl (C=O) groups is 3. The van der Waals surface area contributed by atoms with Crippen molar-refractivity contribution in [2.75, 3.05) is 26.9 Å². The predicted molar refractivity (Wildman–Crippen MR) is 132 cm³/mol. The second-order valence-electron chi connectivity index (χ2n) is 9.06. The lowest BCUT2D eigenvalue weighted by molar-refractivity contribution is 0.0582. The standard InChI is InChI=1S/C26H33ClN2O6/c1-18(2)17-35-26(32)29-11-5-4-9-21(29)10-12-34-22-14-23(25(31)33-3)28(15-22)16-24(30)19-7-6-8-20(27)13-19/h6-8,13-15,18,21H,4-5,9-12,16-17H2,1-3H3. The molecule has 1 fully saturated rings. The van der Waals surface area contributed by atoms with E-state index >= 15 is 0 Å². The van der Waals surface area contributed by atoms with Crippen LogP contribution in [0.25, 0.3) is 0 Å². The molecule has 0 aliphatic carbocycles. The molecule has 0 bridgehead atoms. The highest BCUT2D eigenvalue weighted by molar-refractivity contribution is 6.31. The summed E-state index contributed by atoms with van der Waals surface area (Å²) in [5.74, 6) is -0.0268. The zero-order valence-corrected chi connectivity index (χ0v) is 21.3. The van der Waals surface area contributed by atoms with E-state index in [0.29, 0.717) is 42.5 Å². The van der Waals surface area contributed by atoms with Gasteiger partial charge in [-0.15, -0.1) is 0 Å². The summed E-state index contributed by atoms with van der Waals surface area (Å²) in [5, 5.41) is 0.463. The number of ether oxygens (including phenoxy) is 3. The lowest BCUT2D eigenvalue weighted by Gasteiger charge is -2.35. The van der Waals surface area contributed by atoms with Gasteiger partial charge in [-0.3, -0.25) is 4.79 Å². The summed E-state index contributed by atoms with van der Waals surface area (Å²) in [6.07, 6.45) is 4.87. The van der Waals surface area contributed by atoms with Gasteiger partial charge >= 0.3 is 12.1 Å². The first kappa shape index (κ1) is 26.6. The van der Waals surface area contributed by atoms with Crippen LogP contribution in [0.5, 0.6) is 5.75 Å². The van der Waals surface area contributed by atoms with Crippen LogP contribution in [-0.2, 0) is 16.0 Å². The first-order chi connectivity index (χ1) is 16.8. The molecule has 0 radical (unpaired) electrons. The maximum atomic E-state index is 12.7. The third-order valence-corrected chi connectivity index (χ3v) is 6.08. The molecule has 3 rings (SSSR count). The lowest BCUT2D eigenvalue weighted by atomic mass is 10.0. The van der Waals surface area contributed by atoms with Gasteiger partial charge in [-0.25, -0.2) is 9.59 Å². The van der Waals surface area contributed by atoms with Crippen molar-refractivity contribution in [3.05, 3.63) is 52.8 Å². The lowest BCUT2D eigenvalue weighted by Crippen LogP contribution is -2.45. The Bertz CT molecular complexity index is 1030. The monoisotopic (exact) mass is 504 g/mol. The van der Waals surface area contributed by atoms with Crippen LogP contribution >= 0.6 is 11.6 Å². The van der Waals surface area contributed by atoms with Crippen LogP contribution in [0, 0.1) is 5.92 Å². The van der Waals surface area contributed by atoms with Crippen LogP contribution in [-0.4, -0.2) is 60.2 Å². The molecule has 0 spiro atoms. The SMILES string of the molecule is COC(=O)c1cc(OCCC2CCCCN2C(=O)OCC(C)C)cn1CC(=O)c1cccc(Cl)c1. The molecule has 2 aromatic rings. The molecule has 1 aromatic heterocycles. The van der Waals surface area contributed by atoms with E-state index in [1.807, 2.05) is 13.8 Å². The smallest absolute Gasteiger partial charge is 0.410 e. The van der Waals surface area contributed by atoms with E-state index in [2.05, 4.69) is 0 Å². The Morgan fingerprint density at radius 2 is 1.97 bits per heavy atom. The summed E-state index contributed by atoms with van der Waals surface area (Å²) in [6.45, 7) is 5.38. The molecule has 1 aromatic carbocycles. The Hall–Kier alpha value is -3.00. The number of esters is 1. The van der Waals surface area contributed by atoms with Gasteiger partial charge in [0.25, 0.3) is 0 Å². The molecule has 1 amide bonds. The van der Waals surface area contributed by atoms with E-state index < -0.39 is 5.97 Å². The third-order valence-electron chi connectivity index (χ3n) is 5.85. The first-order valence-electron chi connectivity index (χ1n) is 11.9. The van der Waals surface area contributed by atoms with Crippen LogP contribution in [0.2, 0.25) is 5.02 Å². The fraction of sp³-hybridized carbons (Fsp3) is 0.500. The maximum Gasteiger partial charge on any atom is 0.410 e. The molecular weight excluding hydrogens is 472 g/mol. The third kappa shape index (κ3) is 7.49. The first-order valence-corrected chi connectivity index (χ1v) is 12.3. The van der Waals surface area contributed by atoms with Crippen molar-refractivity contribution in [3.8, 4) is 5.75 Å². The fourth-order valence-corrected chi connectivity index (χ4v) is 4.24. The molecule has 0 saturated carbocycles. The number of halogens is 1. The number of ketones is 1. The Morgan fingerprint density at radius 1 is 1.17 bits per heavy atom. The normalized spacial score (nSPS) is 15.7. The summed E-state index contributed by atoms with van der Waals surface area (Å²) in [4.78, 5) is 39.3. The summed E-state index contributed by atoms with van der Waals surface area (Å²) < 4.78 is 17.7. The van der Waals surface area contributed by atoms with Gasteiger partial charge in [0.15, 0.2) is 5.78 Å². The van der Waals surface area contributed by atoms with E-state index in [0.717, 1.165) is 19.3 Å². The van der Waals surface area contributed by atoms with Gasteiger partial charge in [-0.1, -0.05) is 37.6 Å². The summed E-state index contributed by atoms with van der Waals surface area (Å²) in [5.41, 5.74) is 0.667. The number of Topliss-reactive ketones (excluding diaryl/α,β-unsaturated/α-hetero) is 1. The van der Waals surface area contributed by atoms with Crippen molar-refractivity contribution in [2.24, 2.45) is 5.92 Å². The van der Waals surface area contributed by atoms with E-state index in [1.165, 1.54) is 11.7 Å². The minimum atomic E-state index is -0.565. The highest BCUT2D eigenvalue weighted by Gasteiger charge is 2.28. The summed E-state index contributed by atoms with van der Waals surface area (Å²) >= 11 is 6.00. The van der Waals surface area contributed by atoms with Crippen LogP contribution in [0.1, 0.15) is 60.4 Å². The van der Waals surface area contributed by atoms with Crippen molar-refractivity contribution >= 4 is 29.4 Å². The van der Waals surface area contributed by atoms with Gasteiger partial charge in [0.1, 0.15) is 11.4 Å². The molecule has 9 heteroatoms. The number of likely N-dealkylation sites (tertiary alicyclic amines) is 1. The van der Waals surface area contributed by atoms with Crippen LogP contribution in [0.3, 0.4) is 0 Å². The summed E-state index contributed by atoms with van der Waals surface area (Å²) in [7, 11) is 1.29. The van der Waals surface area contributed by atoms with Gasteiger partial charge in [-0.2, -0.15) is 0 Å². The van der Waals surface area contributed by atoms with Crippen molar-refractivity contribution in [1.29, 1.82) is 0 Å². The molecular formula is C26H33ClN2O6. The Kier molecular flexibility index (Phi) is 9.60. The fourth-order valence-electron chi connectivity index (χ4n) is 4.05. The molecule has 35 heavy (non-hydrogen) atoms. The molecule has 8 nitrogen and oxygen atoms in total. The zero-order chi connectivity index (χ0) is 25.4. The second-order valence-corrected chi connectivity index (χ2v) is 9.50. The van der Waals surface area contributed by atoms with E-state index in [-0.39, 0.29) is 36.1 Å². The largest absolute Gasteiger partial charge is 0.492 e. The molecule has 1 saturated heterocycles. The number of aromatic nitrogens is 1. The molecule has 2 heterocycles. The highest BCUT2D eigenvalue weighted by atomic mass is 35.5. The number of hydrogen-bond donors (Lipinski definition) is 0. The molecule has 190 valence electrons. The average Bonchev–Trinajstić information content (AvgIpc) is 3.24. The second kappa shape index (κ2) is 12.6. The van der Waals surface area contributed by atoms with Crippen molar-refractivity contribution in [1.82, 2.24) is 9.47 Å². The molecule has 1 aliphatic rings. The summed E-state index contributed by atoms with van der Waals surface area (Å²) in [6, 6.07) is 8.26. The minimum absolute atomic E-state index is 0.0370. The van der Waals surface area contributed by atoms with Gasteiger partial charge in [-0.05, 0) is 37.3 Å². The van der Waals surface area contributed by atoms with Crippen molar-refractivity contribution < 1.29 is 28.6 Å². The maximum absolute atomic E-state index is 12.7. The zero-order valence-electron chi connectivity index (χ0n) is 20.5. The molecule has 1 aliphatic heterocycles. The van der Waals surface area contributed by atoms with E-state index in [9.17, 15) is 14.4 Å². The van der Waals surface area contributed by atoms with Crippen LogP contribution < -0.4 is 4.74 Å². The van der Waals surface area contributed by atoms with Gasteiger partial charge in [0.2, 0.25) is 0 Å². The minimum Gasteiger partial charge on any atom is -0.492 e. The van der Waals surface area contributed by atoms with Crippen LogP contribution in [0.15, 0.2) is 36.5 Å². The van der Waals surface area contributed by atoms with E-state index in [4.69, 9.17) is 25.8 Å². The number of benzene rings is 1.